The van der Waals surface area contributed by atoms with Crippen LogP contribution in [-0.4, -0.2) is 21.5 Å². The van der Waals surface area contributed by atoms with Gasteiger partial charge in [0.2, 0.25) is 0 Å². The molecule has 3 aromatic carbocycles. The molecule has 7 heteroatoms. The number of thiocarbonyl (C=S) groups is 1. The van der Waals surface area contributed by atoms with Crippen molar-refractivity contribution in [1.82, 2.24) is 9.88 Å². The van der Waals surface area contributed by atoms with Gasteiger partial charge in [0, 0.05) is 28.2 Å². The zero-order valence-electron chi connectivity index (χ0n) is 19.9. The Labute approximate surface area is 213 Å². The molecule has 5 rings (SSSR count). The van der Waals surface area contributed by atoms with Crippen LogP contribution in [0.3, 0.4) is 0 Å². The van der Waals surface area contributed by atoms with Gasteiger partial charge in [-0.2, -0.15) is 0 Å². The van der Waals surface area contributed by atoms with E-state index in [0.29, 0.717) is 29.3 Å². The summed E-state index contributed by atoms with van der Waals surface area (Å²) in [5.41, 5.74) is 3.80. The molecule has 0 saturated carbocycles. The van der Waals surface area contributed by atoms with Crippen molar-refractivity contribution in [1.29, 1.82) is 0 Å². The first-order chi connectivity index (χ1) is 17.3. The van der Waals surface area contributed by atoms with Crippen molar-refractivity contribution in [3.8, 4) is 0 Å². The van der Waals surface area contributed by atoms with Crippen molar-refractivity contribution >= 4 is 51.8 Å². The summed E-state index contributed by atoms with van der Waals surface area (Å²) in [6.07, 6.45) is 3.41. The lowest BCUT2D eigenvalue weighted by atomic mass is 10.0. The maximum absolute atomic E-state index is 14.3. The molecule has 5 nitrogen and oxygen atoms in total. The molecule has 180 valence electrons. The molecule has 1 aromatic heterocycles. The van der Waals surface area contributed by atoms with Gasteiger partial charge in [-0.05, 0) is 54.0 Å². The van der Waals surface area contributed by atoms with Crippen LogP contribution < -0.4 is 10.2 Å². The summed E-state index contributed by atoms with van der Waals surface area (Å²) in [5.74, 6) is -0.984. The molecule has 1 aliphatic heterocycles. The summed E-state index contributed by atoms with van der Waals surface area (Å²) in [7, 11) is 0. The van der Waals surface area contributed by atoms with E-state index in [4.69, 9.17) is 12.2 Å². The summed E-state index contributed by atoms with van der Waals surface area (Å²) in [4.78, 5) is 27.7. The Balaban J connectivity index is 1.54. The van der Waals surface area contributed by atoms with Crippen LogP contribution in [0.1, 0.15) is 36.5 Å². The molecule has 2 heterocycles. The number of aromatic nitrogens is 1. The fourth-order valence-corrected chi connectivity index (χ4v) is 4.67. The number of halogens is 1. The summed E-state index contributed by atoms with van der Waals surface area (Å²) in [5, 5.41) is 3.53. The zero-order chi connectivity index (χ0) is 25.4. The second-order valence-corrected chi connectivity index (χ2v) is 9.41. The number of amides is 2. The molecule has 36 heavy (non-hydrogen) atoms. The molecule has 0 unspecified atom stereocenters. The van der Waals surface area contributed by atoms with E-state index in [9.17, 15) is 14.0 Å². The average molecular weight is 498 g/mol. The normalized spacial score (nSPS) is 15.3. The highest BCUT2D eigenvalue weighted by Gasteiger charge is 2.34. The van der Waals surface area contributed by atoms with Crippen molar-refractivity contribution in [2.24, 2.45) is 0 Å². The third kappa shape index (κ3) is 4.33. The van der Waals surface area contributed by atoms with E-state index < -0.39 is 11.8 Å². The van der Waals surface area contributed by atoms with E-state index in [-0.39, 0.29) is 16.5 Å². The molecule has 0 radical (unpaired) electrons. The minimum Gasteiger partial charge on any atom is -0.342 e. The first-order valence-corrected chi connectivity index (χ1v) is 12.1. The number of hydrogen-bond donors (Lipinski definition) is 1. The van der Waals surface area contributed by atoms with Crippen molar-refractivity contribution < 1.29 is 14.0 Å². The second kappa shape index (κ2) is 9.51. The Bertz CT molecular complexity index is 1540. The quantitative estimate of drug-likeness (QED) is 0.216. The minimum atomic E-state index is -0.550. The molecule has 0 bridgehead atoms. The molecule has 1 saturated heterocycles. The lowest BCUT2D eigenvalue weighted by Crippen LogP contribution is -2.54. The Morgan fingerprint density at radius 3 is 2.39 bits per heavy atom. The van der Waals surface area contributed by atoms with Crippen LogP contribution in [-0.2, 0) is 16.1 Å². The van der Waals surface area contributed by atoms with Crippen LogP contribution in [0.25, 0.3) is 17.0 Å². The fourth-order valence-electron chi connectivity index (χ4n) is 4.39. The van der Waals surface area contributed by atoms with E-state index in [1.807, 2.05) is 59.3 Å². The molecule has 4 aromatic rings. The molecule has 1 aliphatic rings. The lowest BCUT2D eigenvalue weighted by molar-refractivity contribution is -0.122. The molecule has 2 amide bonds. The van der Waals surface area contributed by atoms with Gasteiger partial charge in [-0.25, -0.2) is 4.39 Å². The van der Waals surface area contributed by atoms with E-state index in [2.05, 4.69) is 19.2 Å². The second-order valence-electron chi connectivity index (χ2n) is 9.02. The van der Waals surface area contributed by atoms with Crippen molar-refractivity contribution in [3.05, 3.63) is 107 Å². The highest BCUT2D eigenvalue weighted by Crippen LogP contribution is 2.28. The van der Waals surface area contributed by atoms with E-state index >= 15 is 0 Å². The predicted molar refractivity (Wildman–Crippen MR) is 144 cm³/mol. The summed E-state index contributed by atoms with van der Waals surface area (Å²) >= 11 is 5.34. The minimum absolute atomic E-state index is 0.0228. The first-order valence-electron chi connectivity index (χ1n) is 11.7. The third-order valence-corrected chi connectivity index (χ3v) is 6.62. The van der Waals surface area contributed by atoms with Crippen LogP contribution in [0.4, 0.5) is 10.1 Å². The van der Waals surface area contributed by atoms with Crippen LogP contribution in [0.5, 0.6) is 0 Å². The largest absolute Gasteiger partial charge is 0.342 e. The Morgan fingerprint density at radius 2 is 1.67 bits per heavy atom. The molecule has 1 fully saturated rings. The molecule has 1 N–H and O–H groups in total. The van der Waals surface area contributed by atoms with E-state index in [0.717, 1.165) is 16.5 Å². The summed E-state index contributed by atoms with van der Waals surface area (Å²) < 4.78 is 16.2. The van der Waals surface area contributed by atoms with Gasteiger partial charge in [-0.1, -0.05) is 62.4 Å². The third-order valence-electron chi connectivity index (χ3n) is 6.34. The summed E-state index contributed by atoms with van der Waals surface area (Å²) in [6, 6.07) is 21.8. The molecular weight excluding hydrogens is 473 g/mol. The molecule has 0 atom stereocenters. The van der Waals surface area contributed by atoms with Gasteiger partial charge in [0.15, 0.2) is 5.11 Å². The number of rotatable bonds is 5. The number of carbonyl (C=O) groups is 2. The molecular formula is C29H24FN3O2S. The molecule has 0 aliphatic carbocycles. The Hall–Kier alpha value is -4.10. The Morgan fingerprint density at radius 1 is 0.972 bits per heavy atom. The number of hydrogen-bond acceptors (Lipinski definition) is 3. The van der Waals surface area contributed by atoms with Gasteiger partial charge < -0.3 is 4.57 Å². The van der Waals surface area contributed by atoms with Crippen molar-refractivity contribution in [3.63, 3.8) is 0 Å². The number of benzene rings is 3. The van der Waals surface area contributed by atoms with Gasteiger partial charge in [0.1, 0.15) is 11.4 Å². The van der Waals surface area contributed by atoms with Crippen LogP contribution in [0.2, 0.25) is 0 Å². The molecule has 0 spiro atoms. The maximum atomic E-state index is 14.3. The zero-order valence-corrected chi connectivity index (χ0v) is 20.7. The summed E-state index contributed by atoms with van der Waals surface area (Å²) in [6.45, 7) is 4.50. The smallest absolute Gasteiger partial charge is 0.270 e. The average Bonchev–Trinajstić information content (AvgIpc) is 3.20. The van der Waals surface area contributed by atoms with E-state index in [1.165, 1.54) is 11.0 Å². The van der Waals surface area contributed by atoms with Gasteiger partial charge in [0.25, 0.3) is 11.8 Å². The monoisotopic (exact) mass is 497 g/mol. The predicted octanol–water partition coefficient (Wildman–Crippen LogP) is 5.78. The van der Waals surface area contributed by atoms with Gasteiger partial charge in [-0.15, -0.1) is 0 Å². The van der Waals surface area contributed by atoms with Gasteiger partial charge in [-0.3, -0.25) is 19.8 Å². The van der Waals surface area contributed by atoms with Crippen LogP contribution in [0, 0.1) is 5.82 Å². The topological polar surface area (TPSA) is 54.3 Å². The van der Waals surface area contributed by atoms with Crippen LogP contribution >= 0.6 is 12.2 Å². The highest BCUT2D eigenvalue weighted by atomic mass is 32.1. The number of fused-ring (bicyclic) bond motifs is 1. The number of nitrogens with one attached hydrogen (secondary N) is 1. The fraction of sp³-hybridized carbons (Fsp3) is 0.138. The van der Waals surface area contributed by atoms with E-state index in [1.54, 1.807) is 24.3 Å². The number of nitrogens with zero attached hydrogens (tertiary/aromatic N) is 2. The standard InChI is InChI=1S/C29H24FN3O2S/c1-18(2)19-11-13-22(14-12-19)33-28(35)24(27(34)31-29(33)36)15-21-17-32(26-10-6-4-8-23(21)26)16-20-7-3-5-9-25(20)30/h3-15,17-18H,16H2,1-2H3,(H,31,34,36)/b24-15+. The first kappa shape index (κ1) is 23.6. The Kier molecular flexibility index (Phi) is 6.24. The van der Waals surface area contributed by atoms with Gasteiger partial charge >= 0.3 is 0 Å². The van der Waals surface area contributed by atoms with Crippen molar-refractivity contribution in [2.75, 3.05) is 4.90 Å². The highest BCUT2D eigenvalue weighted by molar-refractivity contribution is 7.80. The number of para-hydroxylation sites is 1. The number of anilines is 1. The SMILES string of the molecule is CC(C)c1ccc(N2C(=O)/C(=C/c3cn(Cc4ccccc4F)c4ccccc34)C(=O)NC2=S)cc1. The maximum Gasteiger partial charge on any atom is 0.270 e. The van der Waals surface area contributed by atoms with Crippen LogP contribution in [0.15, 0.2) is 84.6 Å². The van der Waals surface area contributed by atoms with Gasteiger partial charge in [0.05, 0.1) is 12.2 Å². The number of carbonyl (C=O) groups excluding carboxylic acids is 2. The lowest BCUT2D eigenvalue weighted by Gasteiger charge is -2.29. The van der Waals surface area contributed by atoms with Crippen molar-refractivity contribution in [2.45, 2.75) is 26.3 Å².